The van der Waals surface area contributed by atoms with Crippen LogP contribution in [0, 0.1) is 0 Å². The lowest BCUT2D eigenvalue weighted by atomic mass is 10.2. The van der Waals surface area contributed by atoms with Gasteiger partial charge in [-0.1, -0.05) is 18.6 Å². The van der Waals surface area contributed by atoms with E-state index in [4.69, 9.17) is 9.72 Å². The van der Waals surface area contributed by atoms with Crippen molar-refractivity contribution in [2.75, 3.05) is 32.1 Å². The van der Waals surface area contributed by atoms with E-state index in [9.17, 15) is 8.42 Å². The highest BCUT2D eigenvalue weighted by Crippen LogP contribution is 2.29. The fourth-order valence-electron chi connectivity index (χ4n) is 4.29. The first-order valence-electron chi connectivity index (χ1n) is 10.8. The van der Waals surface area contributed by atoms with E-state index in [0.29, 0.717) is 30.0 Å². The van der Waals surface area contributed by atoms with E-state index in [2.05, 4.69) is 16.4 Å². The number of imidazole rings is 1. The SMILES string of the molecule is CCn1c(CN(C)c2ccccc2OC)nc2cc(S(=O)(=O)N3CCCCC3)ccc21. The van der Waals surface area contributed by atoms with Crippen LogP contribution < -0.4 is 9.64 Å². The topological polar surface area (TPSA) is 67.7 Å². The molecule has 8 heteroatoms. The quantitative estimate of drug-likeness (QED) is 0.556. The minimum absolute atomic E-state index is 0.326. The average Bonchev–Trinajstić information content (AvgIpc) is 3.15. The molecule has 1 fully saturated rings. The maximum absolute atomic E-state index is 13.1. The lowest BCUT2D eigenvalue weighted by Crippen LogP contribution is -2.35. The normalized spacial score (nSPS) is 15.3. The van der Waals surface area contributed by atoms with Gasteiger partial charge in [0.05, 0.1) is 35.3 Å². The van der Waals surface area contributed by atoms with Gasteiger partial charge in [0.1, 0.15) is 11.6 Å². The Bertz CT molecular complexity index is 1170. The first-order valence-corrected chi connectivity index (χ1v) is 12.2. The van der Waals surface area contributed by atoms with Crippen LogP contribution in [0.5, 0.6) is 5.75 Å². The molecule has 1 saturated heterocycles. The molecule has 0 radical (unpaired) electrons. The molecule has 0 amide bonds. The number of sulfonamides is 1. The minimum Gasteiger partial charge on any atom is -0.495 e. The Morgan fingerprint density at radius 2 is 1.84 bits per heavy atom. The lowest BCUT2D eigenvalue weighted by molar-refractivity contribution is 0.346. The summed E-state index contributed by atoms with van der Waals surface area (Å²) in [4.78, 5) is 7.24. The molecule has 1 aliphatic rings. The number of para-hydroxylation sites is 2. The van der Waals surface area contributed by atoms with Gasteiger partial charge in [0.15, 0.2) is 0 Å². The minimum atomic E-state index is -3.48. The number of benzene rings is 2. The number of rotatable bonds is 7. The van der Waals surface area contributed by atoms with Crippen LogP contribution in [0.1, 0.15) is 32.0 Å². The van der Waals surface area contributed by atoms with Gasteiger partial charge >= 0.3 is 0 Å². The van der Waals surface area contributed by atoms with Gasteiger partial charge in [-0.25, -0.2) is 13.4 Å². The Hall–Kier alpha value is -2.58. The molecular formula is C23H30N4O3S. The number of hydrogen-bond acceptors (Lipinski definition) is 5. The van der Waals surface area contributed by atoms with Crippen LogP contribution in [0.3, 0.4) is 0 Å². The lowest BCUT2D eigenvalue weighted by Gasteiger charge is -2.25. The number of methoxy groups -OCH3 is 1. The molecule has 2 heterocycles. The Balaban J connectivity index is 1.67. The second-order valence-corrected chi connectivity index (χ2v) is 9.85. The van der Waals surface area contributed by atoms with Crippen molar-refractivity contribution >= 4 is 26.7 Å². The van der Waals surface area contributed by atoms with E-state index >= 15 is 0 Å². The molecule has 0 atom stereocenters. The third kappa shape index (κ3) is 4.14. The molecule has 0 spiro atoms. The standard InChI is InChI=1S/C23H30N4O3S/c1-4-27-20-13-12-18(31(28,29)26-14-8-5-9-15-26)16-19(20)24-23(27)17-25(2)21-10-6-7-11-22(21)30-3/h6-7,10-13,16H,4-5,8-9,14-15,17H2,1-3H3. The van der Waals surface area contributed by atoms with E-state index < -0.39 is 10.0 Å². The maximum Gasteiger partial charge on any atom is 0.243 e. The van der Waals surface area contributed by atoms with Crippen molar-refractivity contribution in [1.29, 1.82) is 0 Å². The molecule has 1 aromatic heterocycles. The van der Waals surface area contributed by atoms with E-state index in [1.165, 1.54) is 0 Å². The number of fused-ring (bicyclic) bond motifs is 1. The molecule has 4 rings (SSSR count). The van der Waals surface area contributed by atoms with Gasteiger partial charge in [0, 0.05) is 26.7 Å². The molecule has 0 aliphatic carbocycles. The second-order valence-electron chi connectivity index (χ2n) is 7.92. The number of anilines is 1. The van der Waals surface area contributed by atoms with Crippen LogP contribution in [0.2, 0.25) is 0 Å². The third-order valence-corrected chi connectivity index (χ3v) is 7.84. The van der Waals surface area contributed by atoms with Crippen LogP contribution in [0.4, 0.5) is 5.69 Å². The molecule has 1 aliphatic heterocycles. The molecule has 0 saturated carbocycles. The van der Waals surface area contributed by atoms with Gasteiger partial charge in [-0.05, 0) is 50.1 Å². The van der Waals surface area contributed by atoms with Gasteiger partial charge in [-0.3, -0.25) is 0 Å². The number of aryl methyl sites for hydroxylation is 1. The van der Waals surface area contributed by atoms with Gasteiger partial charge in [0.2, 0.25) is 10.0 Å². The molecule has 2 aromatic carbocycles. The molecule has 0 N–H and O–H groups in total. The number of aromatic nitrogens is 2. The van der Waals surface area contributed by atoms with Crippen molar-refractivity contribution < 1.29 is 13.2 Å². The number of nitrogens with zero attached hydrogens (tertiary/aromatic N) is 4. The number of ether oxygens (including phenoxy) is 1. The Kier molecular flexibility index (Phi) is 6.20. The van der Waals surface area contributed by atoms with Gasteiger partial charge in [-0.15, -0.1) is 0 Å². The summed E-state index contributed by atoms with van der Waals surface area (Å²) in [7, 11) is 0.187. The van der Waals surface area contributed by atoms with Gasteiger partial charge in [-0.2, -0.15) is 4.31 Å². The average molecular weight is 443 g/mol. The summed E-state index contributed by atoms with van der Waals surface area (Å²) in [5, 5.41) is 0. The predicted octanol–water partition coefficient (Wildman–Crippen LogP) is 3.88. The van der Waals surface area contributed by atoms with Crippen molar-refractivity contribution in [3.63, 3.8) is 0 Å². The van der Waals surface area contributed by atoms with Crippen molar-refractivity contribution in [1.82, 2.24) is 13.9 Å². The fourth-order valence-corrected chi connectivity index (χ4v) is 5.83. The molecule has 7 nitrogen and oxygen atoms in total. The fraction of sp³-hybridized carbons (Fsp3) is 0.435. The summed E-state index contributed by atoms with van der Waals surface area (Å²) < 4.78 is 35.4. The Labute approximate surface area is 184 Å². The van der Waals surface area contributed by atoms with E-state index in [1.807, 2.05) is 37.4 Å². The predicted molar refractivity (Wildman–Crippen MR) is 123 cm³/mol. The summed E-state index contributed by atoms with van der Waals surface area (Å²) in [5.41, 5.74) is 2.64. The highest BCUT2D eigenvalue weighted by Gasteiger charge is 2.26. The smallest absolute Gasteiger partial charge is 0.243 e. The van der Waals surface area contributed by atoms with Crippen molar-refractivity contribution in [3.05, 3.63) is 48.3 Å². The summed E-state index contributed by atoms with van der Waals surface area (Å²) in [6.45, 7) is 4.60. The van der Waals surface area contributed by atoms with Crippen molar-refractivity contribution in [2.45, 2.75) is 44.2 Å². The Morgan fingerprint density at radius 3 is 2.55 bits per heavy atom. The van der Waals surface area contributed by atoms with Crippen LogP contribution in [0.15, 0.2) is 47.4 Å². The molecule has 0 bridgehead atoms. The number of hydrogen-bond donors (Lipinski definition) is 0. The second kappa shape index (κ2) is 8.88. The van der Waals surface area contributed by atoms with Crippen molar-refractivity contribution in [2.24, 2.45) is 0 Å². The van der Waals surface area contributed by atoms with Crippen LogP contribution >= 0.6 is 0 Å². The summed E-state index contributed by atoms with van der Waals surface area (Å²) in [6.07, 6.45) is 2.94. The molecule has 166 valence electrons. The van der Waals surface area contributed by atoms with E-state index in [0.717, 1.165) is 48.6 Å². The maximum atomic E-state index is 13.1. The zero-order valence-corrected chi connectivity index (χ0v) is 19.2. The first-order chi connectivity index (χ1) is 15.0. The van der Waals surface area contributed by atoms with E-state index in [1.54, 1.807) is 23.5 Å². The largest absolute Gasteiger partial charge is 0.495 e. The molecule has 3 aromatic rings. The summed E-state index contributed by atoms with van der Waals surface area (Å²) >= 11 is 0. The zero-order chi connectivity index (χ0) is 22.0. The van der Waals surface area contributed by atoms with Crippen molar-refractivity contribution in [3.8, 4) is 5.75 Å². The number of piperidine rings is 1. The first kappa shape index (κ1) is 21.6. The van der Waals surface area contributed by atoms with Gasteiger partial charge in [0.25, 0.3) is 0 Å². The van der Waals surface area contributed by atoms with Crippen LogP contribution in [-0.4, -0.2) is 49.5 Å². The zero-order valence-electron chi connectivity index (χ0n) is 18.4. The molecule has 0 unspecified atom stereocenters. The summed E-state index contributed by atoms with van der Waals surface area (Å²) in [6, 6.07) is 13.2. The Morgan fingerprint density at radius 1 is 1.10 bits per heavy atom. The van der Waals surface area contributed by atoms with Crippen LogP contribution in [0.25, 0.3) is 11.0 Å². The monoisotopic (exact) mass is 442 g/mol. The molecular weight excluding hydrogens is 412 g/mol. The van der Waals surface area contributed by atoms with Gasteiger partial charge < -0.3 is 14.2 Å². The highest BCUT2D eigenvalue weighted by atomic mass is 32.2. The third-order valence-electron chi connectivity index (χ3n) is 5.94. The van der Waals surface area contributed by atoms with E-state index in [-0.39, 0.29) is 0 Å². The summed E-state index contributed by atoms with van der Waals surface area (Å²) in [5.74, 6) is 1.69. The highest BCUT2D eigenvalue weighted by molar-refractivity contribution is 7.89. The van der Waals surface area contributed by atoms with Crippen LogP contribution in [-0.2, 0) is 23.1 Å². The molecule has 31 heavy (non-hydrogen) atoms.